The van der Waals surface area contributed by atoms with E-state index in [1.54, 1.807) is 27.7 Å². The van der Waals surface area contributed by atoms with Gasteiger partial charge in [0.2, 0.25) is 0 Å². The Kier molecular flexibility index (Phi) is 8.17. The first-order valence-corrected chi connectivity index (χ1v) is 6.60. The molecule has 2 atom stereocenters. The molecule has 7 nitrogen and oxygen atoms in total. The lowest BCUT2D eigenvalue weighted by atomic mass is 10.2. The van der Waals surface area contributed by atoms with Gasteiger partial charge >= 0.3 is 12.1 Å². The van der Waals surface area contributed by atoms with E-state index in [4.69, 9.17) is 19.7 Å². The highest BCUT2D eigenvalue weighted by molar-refractivity contribution is 5.80. The van der Waals surface area contributed by atoms with Gasteiger partial charge in [0.25, 0.3) is 0 Å². The van der Waals surface area contributed by atoms with Crippen LogP contribution in [0.3, 0.4) is 0 Å². The SMILES string of the molecule is CC(O)CCCOC[C@H](NC(=O)OC(C)(C)C)C(=O)O. The fourth-order valence-electron chi connectivity index (χ4n) is 1.31. The minimum atomic E-state index is -1.19. The van der Waals surface area contributed by atoms with Crippen LogP contribution in [0.15, 0.2) is 0 Å². The molecule has 0 radical (unpaired) electrons. The fourth-order valence-corrected chi connectivity index (χ4v) is 1.31. The monoisotopic (exact) mass is 291 g/mol. The van der Waals surface area contributed by atoms with Crippen molar-refractivity contribution in [2.24, 2.45) is 0 Å². The molecule has 0 aromatic rings. The average Bonchev–Trinajstić information content (AvgIpc) is 2.23. The Labute approximate surface area is 119 Å². The maximum Gasteiger partial charge on any atom is 0.408 e. The highest BCUT2D eigenvalue weighted by Gasteiger charge is 2.23. The highest BCUT2D eigenvalue weighted by Crippen LogP contribution is 2.07. The molecule has 0 rings (SSSR count). The normalized spacial score (nSPS) is 14.4. The molecule has 0 aliphatic carbocycles. The number of aliphatic hydroxyl groups excluding tert-OH is 1. The number of alkyl carbamates (subject to hydrolysis) is 1. The maximum atomic E-state index is 11.5. The first-order chi connectivity index (χ1) is 9.11. The molecule has 3 N–H and O–H groups in total. The molecule has 0 aliphatic rings. The largest absolute Gasteiger partial charge is 0.480 e. The standard InChI is InChI=1S/C13H25NO6/c1-9(15)6-5-7-19-8-10(11(16)17)14-12(18)20-13(2,3)4/h9-10,15H,5-8H2,1-4H3,(H,14,18)(H,16,17)/t9?,10-/m0/s1. The van der Waals surface area contributed by atoms with Crippen molar-refractivity contribution < 1.29 is 29.3 Å². The van der Waals surface area contributed by atoms with Gasteiger partial charge in [0.15, 0.2) is 6.04 Å². The molecule has 0 aromatic carbocycles. The molecule has 20 heavy (non-hydrogen) atoms. The second kappa shape index (κ2) is 8.76. The molecule has 7 heteroatoms. The molecule has 0 spiro atoms. The van der Waals surface area contributed by atoms with Gasteiger partial charge in [-0.15, -0.1) is 0 Å². The van der Waals surface area contributed by atoms with E-state index in [0.717, 1.165) is 0 Å². The molecule has 0 heterocycles. The molecule has 0 saturated heterocycles. The zero-order valence-corrected chi connectivity index (χ0v) is 12.5. The number of aliphatic hydroxyl groups is 1. The van der Waals surface area contributed by atoms with Crippen molar-refractivity contribution in [1.82, 2.24) is 5.32 Å². The third kappa shape index (κ3) is 10.6. The lowest BCUT2D eigenvalue weighted by Gasteiger charge is -2.22. The number of aliphatic carboxylic acids is 1. The fraction of sp³-hybridized carbons (Fsp3) is 0.846. The summed E-state index contributed by atoms with van der Waals surface area (Å²) < 4.78 is 10.2. The van der Waals surface area contributed by atoms with Crippen LogP contribution in [-0.2, 0) is 14.3 Å². The van der Waals surface area contributed by atoms with Crippen LogP contribution in [0.5, 0.6) is 0 Å². The Bertz CT molecular complexity index is 310. The van der Waals surface area contributed by atoms with Crippen LogP contribution in [0.4, 0.5) is 4.79 Å². The molecular formula is C13H25NO6. The van der Waals surface area contributed by atoms with Crippen molar-refractivity contribution in [3.63, 3.8) is 0 Å². The number of carboxylic acid groups (broad SMARTS) is 1. The van der Waals surface area contributed by atoms with Gasteiger partial charge in [-0.2, -0.15) is 0 Å². The quantitative estimate of drug-likeness (QED) is 0.579. The summed E-state index contributed by atoms with van der Waals surface area (Å²) in [4.78, 5) is 22.4. The minimum Gasteiger partial charge on any atom is -0.480 e. The predicted octanol–water partition coefficient (Wildman–Crippen LogP) is 1.14. The Morgan fingerprint density at radius 3 is 2.35 bits per heavy atom. The Balaban J connectivity index is 4.05. The number of nitrogens with one attached hydrogen (secondary N) is 1. The predicted molar refractivity (Wildman–Crippen MR) is 72.5 cm³/mol. The maximum absolute atomic E-state index is 11.5. The first kappa shape index (κ1) is 18.7. The van der Waals surface area contributed by atoms with Crippen LogP contribution >= 0.6 is 0 Å². The molecule has 0 aromatic heterocycles. The zero-order valence-electron chi connectivity index (χ0n) is 12.5. The number of hydrogen-bond acceptors (Lipinski definition) is 5. The highest BCUT2D eigenvalue weighted by atomic mass is 16.6. The van der Waals surface area contributed by atoms with E-state index in [2.05, 4.69) is 5.32 Å². The zero-order chi connectivity index (χ0) is 15.8. The summed E-state index contributed by atoms with van der Waals surface area (Å²) >= 11 is 0. The van der Waals surface area contributed by atoms with Gasteiger partial charge in [-0.25, -0.2) is 9.59 Å². The molecule has 1 amide bonds. The van der Waals surface area contributed by atoms with Gasteiger partial charge < -0.3 is 25.0 Å². The van der Waals surface area contributed by atoms with Crippen molar-refractivity contribution in [3.8, 4) is 0 Å². The summed E-state index contributed by atoms with van der Waals surface area (Å²) in [5.74, 6) is -1.19. The van der Waals surface area contributed by atoms with E-state index < -0.39 is 29.8 Å². The summed E-state index contributed by atoms with van der Waals surface area (Å²) in [6.45, 7) is 6.92. The topological polar surface area (TPSA) is 105 Å². The van der Waals surface area contributed by atoms with E-state index in [1.807, 2.05) is 0 Å². The lowest BCUT2D eigenvalue weighted by Crippen LogP contribution is -2.46. The number of ether oxygens (including phenoxy) is 2. The summed E-state index contributed by atoms with van der Waals surface area (Å²) in [7, 11) is 0. The van der Waals surface area contributed by atoms with Crippen LogP contribution in [0.25, 0.3) is 0 Å². The van der Waals surface area contributed by atoms with Gasteiger partial charge in [-0.3, -0.25) is 0 Å². The van der Waals surface area contributed by atoms with Crippen molar-refractivity contribution in [2.45, 2.75) is 58.3 Å². The van der Waals surface area contributed by atoms with Crippen LogP contribution in [0.2, 0.25) is 0 Å². The van der Waals surface area contributed by atoms with Crippen LogP contribution in [-0.4, -0.2) is 53.2 Å². The van der Waals surface area contributed by atoms with E-state index in [0.29, 0.717) is 19.4 Å². The number of carbonyl (C=O) groups is 2. The molecule has 0 saturated carbocycles. The second-order valence-corrected chi connectivity index (χ2v) is 5.60. The van der Waals surface area contributed by atoms with E-state index >= 15 is 0 Å². The number of amides is 1. The van der Waals surface area contributed by atoms with Crippen LogP contribution in [0, 0.1) is 0 Å². The van der Waals surface area contributed by atoms with Crippen LogP contribution in [0.1, 0.15) is 40.5 Å². The molecular weight excluding hydrogens is 266 g/mol. The van der Waals surface area contributed by atoms with Crippen molar-refractivity contribution >= 4 is 12.1 Å². The smallest absolute Gasteiger partial charge is 0.408 e. The Morgan fingerprint density at radius 1 is 1.30 bits per heavy atom. The summed E-state index contributed by atoms with van der Waals surface area (Å²) in [6, 6.07) is -1.16. The van der Waals surface area contributed by atoms with Gasteiger partial charge in [-0.1, -0.05) is 0 Å². The third-order valence-corrected chi connectivity index (χ3v) is 2.18. The van der Waals surface area contributed by atoms with Gasteiger partial charge in [0.05, 0.1) is 12.7 Å². The Morgan fingerprint density at radius 2 is 1.90 bits per heavy atom. The molecule has 0 aliphatic heterocycles. The number of hydrogen-bond donors (Lipinski definition) is 3. The molecule has 0 fully saturated rings. The Hall–Kier alpha value is -1.34. The third-order valence-electron chi connectivity index (χ3n) is 2.18. The lowest BCUT2D eigenvalue weighted by molar-refractivity contribution is -0.141. The molecule has 1 unspecified atom stereocenters. The second-order valence-electron chi connectivity index (χ2n) is 5.60. The summed E-state index contributed by atoms with van der Waals surface area (Å²) in [5, 5.41) is 20.3. The molecule has 118 valence electrons. The van der Waals surface area contributed by atoms with Crippen LogP contribution < -0.4 is 5.32 Å². The van der Waals surface area contributed by atoms with Gasteiger partial charge in [0, 0.05) is 6.61 Å². The average molecular weight is 291 g/mol. The van der Waals surface area contributed by atoms with E-state index in [-0.39, 0.29) is 6.61 Å². The van der Waals surface area contributed by atoms with Crippen molar-refractivity contribution in [1.29, 1.82) is 0 Å². The number of rotatable bonds is 8. The minimum absolute atomic E-state index is 0.144. The number of carbonyl (C=O) groups excluding carboxylic acids is 1. The van der Waals surface area contributed by atoms with Crippen molar-refractivity contribution in [2.75, 3.05) is 13.2 Å². The summed E-state index contributed by atoms with van der Waals surface area (Å²) in [5.41, 5.74) is -0.689. The number of carboxylic acids is 1. The van der Waals surface area contributed by atoms with Crippen molar-refractivity contribution in [3.05, 3.63) is 0 Å². The summed E-state index contributed by atoms with van der Waals surface area (Å²) in [6.07, 6.45) is -0.000497. The van der Waals surface area contributed by atoms with Gasteiger partial charge in [-0.05, 0) is 40.5 Å². The van der Waals surface area contributed by atoms with E-state index in [1.165, 1.54) is 0 Å². The van der Waals surface area contributed by atoms with Gasteiger partial charge in [0.1, 0.15) is 5.60 Å². The van der Waals surface area contributed by atoms with E-state index in [9.17, 15) is 9.59 Å². The first-order valence-electron chi connectivity index (χ1n) is 6.60. The molecule has 0 bridgehead atoms.